The number of ether oxygens (including phenoxy) is 1. The fraction of sp³-hybridized carbons (Fsp3) is 0.562. The molecule has 0 aliphatic heterocycles. The smallest absolute Gasteiger partial charge is 0.407 e. The van der Waals surface area contributed by atoms with E-state index in [9.17, 15) is 9.90 Å². The van der Waals surface area contributed by atoms with Crippen molar-refractivity contribution in [1.29, 1.82) is 0 Å². The zero-order valence-electron chi connectivity index (χ0n) is 12.7. The fourth-order valence-corrected chi connectivity index (χ4v) is 2.08. The number of amides is 1. The largest absolute Gasteiger partial charge is 0.443 e. The van der Waals surface area contributed by atoms with E-state index in [-0.39, 0.29) is 6.04 Å². The van der Waals surface area contributed by atoms with Crippen molar-refractivity contribution in [3.63, 3.8) is 0 Å². The molecule has 1 rings (SSSR count). The Morgan fingerprint density at radius 3 is 2.55 bits per heavy atom. The number of benzene rings is 1. The zero-order valence-corrected chi connectivity index (χ0v) is 12.7. The van der Waals surface area contributed by atoms with Crippen molar-refractivity contribution in [2.75, 3.05) is 0 Å². The van der Waals surface area contributed by atoms with Gasteiger partial charge in [0.15, 0.2) is 0 Å². The molecular formula is C16H25NO3. The highest BCUT2D eigenvalue weighted by atomic mass is 16.6. The van der Waals surface area contributed by atoms with Crippen molar-refractivity contribution in [3.8, 4) is 0 Å². The molecule has 20 heavy (non-hydrogen) atoms. The molecular weight excluding hydrogens is 254 g/mol. The number of hydrogen-bond acceptors (Lipinski definition) is 3. The van der Waals surface area contributed by atoms with Gasteiger partial charge in [-0.15, -0.1) is 0 Å². The summed E-state index contributed by atoms with van der Waals surface area (Å²) in [6.45, 7) is 7.52. The van der Waals surface area contributed by atoms with E-state index in [0.29, 0.717) is 0 Å². The molecule has 0 saturated heterocycles. The molecule has 112 valence electrons. The average Bonchev–Trinajstić information content (AvgIpc) is 2.37. The highest BCUT2D eigenvalue weighted by Crippen LogP contribution is 2.23. The van der Waals surface area contributed by atoms with Gasteiger partial charge in [0.05, 0.1) is 0 Å². The number of aryl methyl sites for hydroxylation is 1. The van der Waals surface area contributed by atoms with Crippen LogP contribution in [0.15, 0.2) is 24.3 Å². The first kappa shape index (κ1) is 16.5. The number of rotatable bonds is 6. The molecule has 0 saturated carbocycles. The van der Waals surface area contributed by atoms with Crippen LogP contribution in [0.1, 0.15) is 51.3 Å². The molecule has 0 fully saturated rings. The molecule has 4 nitrogen and oxygen atoms in total. The first-order valence-electron chi connectivity index (χ1n) is 7.18. The van der Waals surface area contributed by atoms with Crippen LogP contribution in [0.4, 0.5) is 4.79 Å². The Hall–Kier alpha value is -1.55. The Labute approximate surface area is 121 Å². The van der Waals surface area contributed by atoms with Gasteiger partial charge in [-0.1, -0.05) is 37.6 Å². The predicted octanol–water partition coefficient (Wildman–Crippen LogP) is 3.20. The minimum absolute atomic E-state index is 0.0132. The Morgan fingerprint density at radius 1 is 1.30 bits per heavy atom. The van der Waals surface area contributed by atoms with E-state index in [1.54, 1.807) is 6.92 Å². The summed E-state index contributed by atoms with van der Waals surface area (Å²) in [6.07, 6.45) is 0.00671. The molecule has 0 heterocycles. The number of carbonyl (C=O) groups is 1. The van der Waals surface area contributed by atoms with Gasteiger partial charge >= 0.3 is 6.09 Å². The first-order valence-corrected chi connectivity index (χ1v) is 7.18. The zero-order chi connectivity index (χ0) is 15.1. The second kappa shape index (κ2) is 7.90. The number of nitrogens with one attached hydrogen (secondary N) is 1. The number of hydrogen-bond donors (Lipinski definition) is 2. The number of aliphatic hydroxyl groups excluding tert-OH is 1. The monoisotopic (exact) mass is 279 g/mol. The normalized spacial score (nSPS) is 13.9. The van der Waals surface area contributed by atoms with Crippen LogP contribution >= 0.6 is 0 Å². The standard InChI is InChI=1S/C16H25NO3/c1-5-8-13-9-6-7-10-14(13)15(18)12(4)20-16(19)17-11(2)3/h6-7,9-12,15,18H,5,8H2,1-4H3,(H,17,19). The van der Waals surface area contributed by atoms with Crippen LogP contribution in [-0.4, -0.2) is 23.3 Å². The lowest BCUT2D eigenvalue weighted by Crippen LogP contribution is -2.34. The lowest BCUT2D eigenvalue weighted by atomic mass is 9.96. The molecule has 0 aromatic heterocycles. The number of aliphatic hydroxyl groups is 1. The van der Waals surface area contributed by atoms with Crippen LogP contribution in [0.25, 0.3) is 0 Å². The minimum atomic E-state index is -0.810. The second-order valence-electron chi connectivity index (χ2n) is 5.30. The summed E-state index contributed by atoms with van der Waals surface area (Å²) in [7, 11) is 0. The van der Waals surface area contributed by atoms with E-state index in [1.165, 1.54) is 0 Å². The molecule has 0 aliphatic rings. The Kier molecular flexibility index (Phi) is 6.52. The van der Waals surface area contributed by atoms with Gasteiger partial charge < -0.3 is 15.2 Å². The maximum atomic E-state index is 11.6. The summed E-state index contributed by atoms with van der Waals surface area (Å²) < 4.78 is 5.21. The summed E-state index contributed by atoms with van der Waals surface area (Å²) in [4.78, 5) is 11.6. The van der Waals surface area contributed by atoms with Crippen LogP contribution < -0.4 is 5.32 Å². The minimum Gasteiger partial charge on any atom is -0.443 e. The van der Waals surface area contributed by atoms with E-state index in [2.05, 4.69) is 12.2 Å². The third-order valence-corrected chi connectivity index (χ3v) is 3.04. The molecule has 1 amide bonds. The summed E-state index contributed by atoms with van der Waals surface area (Å²) in [6, 6.07) is 7.74. The fourth-order valence-electron chi connectivity index (χ4n) is 2.08. The van der Waals surface area contributed by atoms with Crippen molar-refractivity contribution < 1.29 is 14.6 Å². The maximum absolute atomic E-state index is 11.6. The van der Waals surface area contributed by atoms with Gasteiger partial charge in [-0.25, -0.2) is 4.79 Å². The lowest BCUT2D eigenvalue weighted by molar-refractivity contribution is 0.0107. The van der Waals surface area contributed by atoms with E-state index in [0.717, 1.165) is 24.0 Å². The maximum Gasteiger partial charge on any atom is 0.407 e. The van der Waals surface area contributed by atoms with Crippen molar-refractivity contribution in [2.24, 2.45) is 0 Å². The molecule has 2 unspecified atom stereocenters. The SMILES string of the molecule is CCCc1ccccc1C(O)C(C)OC(=O)NC(C)C. The molecule has 1 aromatic rings. The molecule has 1 aromatic carbocycles. The molecule has 0 radical (unpaired) electrons. The van der Waals surface area contributed by atoms with Crippen LogP contribution in [-0.2, 0) is 11.2 Å². The Balaban J connectivity index is 2.73. The third-order valence-electron chi connectivity index (χ3n) is 3.04. The summed E-state index contributed by atoms with van der Waals surface area (Å²) in [5.41, 5.74) is 1.93. The van der Waals surface area contributed by atoms with Crippen molar-refractivity contribution in [3.05, 3.63) is 35.4 Å². The Morgan fingerprint density at radius 2 is 1.95 bits per heavy atom. The van der Waals surface area contributed by atoms with E-state index in [1.807, 2.05) is 38.1 Å². The van der Waals surface area contributed by atoms with E-state index >= 15 is 0 Å². The van der Waals surface area contributed by atoms with Gasteiger partial charge in [0.25, 0.3) is 0 Å². The summed E-state index contributed by atoms with van der Waals surface area (Å²) in [5.74, 6) is 0. The van der Waals surface area contributed by atoms with Crippen molar-refractivity contribution in [2.45, 2.75) is 58.8 Å². The van der Waals surface area contributed by atoms with E-state index in [4.69, 9.17) is 4.74 Å². The van der Waals surface area contributed by atoms with Gasteiger partial charge in [0.1, 0.15) is 12.2 Å². The second-order valence-corrected chi connectivity index (χ2v) is 5.30. The van der Waals surface area contributed by atoms with E-state index < -0.39 is 18.3 Å². The molecule has 4 heteroatoms. The average molecular weight is 279 g/mol. The first-order chi connectivity index (χ1) is 9.45. The third kappa shape index (κ3) is 4.85. The highest BCUT2D eigenvalue weighted by Gasteiger charge is 2.22. The Bertz CT molecular complexity index is 431. The van der Waals surface area contributed by atoms with Crippen molar-refractivity contribution >= 4 is 6.09 Å². The van der Waals surface area contributed by atoms with Gasteiger partial charge in [0.2, 0.25) is 0 Å². The van der Waals surface area contributed by atoms with Crippen LogP contribution in [0.3, 0.4) is 0 Å². The van der Waals surface area contributed by atoms with Gasteiger partial charge in [-0.2, -0.15) is 0 Å². The van der Waals surface area contributed by atoms with Gasteiger partial charge in [-0.05, 0) is 38.3 Å². The molecule has 2 N–H and O–H groups in total. The highest BCUT2D eigenvalue weighted by molar-refractivity contribution is 5.67. The summed E-state index contributed by atoms with van der Waals surface area (Å²) >= 11 is 0. The topological polar surface area (TPSA) is 58.6 Å². The quantitative estimate of drug-likeness (QED) is 0.840. The van der Waals surface area contributed by atoms with Crippen LogP contribution in [0, 0.1) is 0 Å². The predicted molar refractivity (Wildman–Crippen MR) is 79.6 cm³/mol. The van der Waals surface area contributed by atoms with Crippen molar-refractivity contribution in [1.82, 2.24) is 5.32 Å². The van der Waals surface area contributed by atoms with Gasteiger partial charge in [0, 0.05) is 6.04 Å². The van der Waals surface area contributed by atoms with Gasteiger partial charge in [-0.3, -0.25) is 0 Å². The van der Waals surface area contributed by atoms with Crippen LogP contribution in [0.5, 0.6) is 0 Å². The molecule has 0 bridgehead atoms. The number of carbonyl (C=O) groups excluding carboxylic acids is 1. The summed E-state index contributed by atoms with van der Waals surface area (Å²) in [5, 5.41) is 13.0. The molecule has 0 spiro atoms. The molecule has 2 atom stereocenters. The lowest BCUT2D eigenvalue weighted by Gasteiger charge is -2.22. The van der Waals surface area contributed by atoms with Crippen LogP contribution in [0.2, 0.25) is 0 Å². The molecule has 0 aliphatic carbocycles. The number of alkyl carbamates (subject to hydrolysis) is 1.